The van der Waals surface area contributed by atoms with Gasteiger partial charge in [0.1, 0.15) is 12.2 Å². The number of hydrogen-bond acceptors (Lipinski definition) is 7. The van der Waals surface area contributed by atoms with Gasteiger partial charge in [0, 0.05) is 19.6 Å². The van der Waals surface area contributed by atoms with E-state index in [2.05, 4.69) is 4.90 Å². The van der Waals surface area contributed by atoms with E-state index < -0.39 is 17.9 Å². The van der Waals surface area contributed by atoms with Crippen molar-refractivity contribution >= 4 is 17.7 Å². The largest absolute Gasteiger partial charge is 0.489 e. The average molecular weight is 362 g/mol. The Morgan fingerprint density at radius 1 is 1.31 bits per heavy atom. The molecule has 2 atom stereocenters. The quantitative estimate of drug-likeness (QED) is 0.702. The van der Waals surface area contributed by atoms with E-state index in [1.54, 1.807) is 11.0 Å². The smallest absolute Gasteiger partial charge is 0.410 e. The minimum Gasteiger partial charge on any atom is -0.489 e. The number of carbonyl (C=O) groups is 2. The molecule has 1 aromatic rings. The number of piperazine rings is 1. The van der Waals surface area contributed by atoms with Crippen LogP contribution in [0.1, 0.15) is 43.0 Å². The number of nitrogens with zero attached hydrogens (tertiary/aromatic N) is 2. The molecule has 0 aromatic heterocycles. The molecule has 4 rings (SSSR count). The highest BCUT2D eigenvalue weighted by atomic mass is 16.6. The first-order valence-corrected chi connectivity index (χ1v) is 8.68. The summed E-state index contributed by atoms with van der Waals surface area (Å²) in [5.41, 5.74) is 0.997. The fraction of sp³-hybridized carbons (Fsp3) is 0.556. The summed E-state index contributed by atoms with van der Waals surface area (Å²) in [6.45, 7) is 7.51. The zero-order valence-electron chi connectivity index (χ0n) is 15.0. The Labute approximate surface area is 151 Å². The second kappa shape index (κ2) is 5.77. The maximum absolute atomic E-state index is 12.3. The van der Waals surface area contributed by atoms with Gasteiger partial charge in [-0.2, -0.15) is 0 Å². The van der Waals surface area contributed by atoms with Crippen LogP contribution in [0, 0.1) is 0 Å². The molecule has 1 amide bonds. The number of rotatable bonds is 0. The Balaban J connectivity index is 1.56. The highest BCUT2D eigenvalue weighted by Gasteiger charge is 2.41. The number of hydrogen-bond donors (Lipinski definition) is 1. The number of amides is 1. The minimum absolute atomic E-state index is 0.0167. The lowest BCUT2D eigenvalue weighted by Gasteiger charge is -2.45. The van der Waals surface area contributed by atoms with Crippen molar-refractivity contribution in [3.05, 3.63) is 23.3 Å². The molecule has 26 heavy (non-hydrogen) atoms. The van der Waals surface area contributed by atoms with Crippen molar-refractivity contribution in [1.82, 2.24) is 4.90 Å². The molecule has 0 aliphatic carbocycles. The second-order valence-electron chi connectivity index (χ2n) is 7.72. The van der Waals surface area contributed by atoms with Crippen LogP contribution in [-0.4, -0.2) is 60.0 Å². The van der Waals surface area contributed by atoms with Gasteiger partial charge >= 0.3 is 12.1 Å². The van der Waals surface area contributed by atoms with Gasteiger partial charge in [0.2, 0.25) is 6.29 Å². The predicted molar refractivity (Wildman–Crippen MR) is 91.3 cm³/mol. The topological polar surface area (TPSA) is 88.5 Å². The van der Waals surface area contributed by atoms with Crippen LogP contribution in [0.2, 0.25) is 0 Å². The molecular weight excluding hydrogens is 340 g/mol. The third kappa shape index (κ3) is 2.74. The Morgan fingerprint density at radius 3 is 2.81 bits per heavy atom. The van der Waals surface area contributed by atoms with E-state index in [1.807, 2.05) is 26.8 Å². The van der Waals surface area contributed by atoms with Crippen LogP contribution in [0.5, 0.6) is 5.75 Å². The summed E-state index contributed by atoms with van der Waals surface area (Å²) in [4.78, 5) is 27.9. The summed E-state index contributed by atoms with van der Waals surface area (Å²) in [5.74, 6) is -0.0569. The molecule has 3 aliphatic heterocycles. The first kappa shape index (κ1) is 17.0. The van der Waals surface area contributed by atoms with Gasteiger partial charge in [-0.3, -0.25) is 0 Å². The van der Waals surface area contributed by atoms with Crippen molar-refractivity contribution in [2.24, 2.45) is 0 Å². The van der Waals surface area contributed by atoms with Crippen molar-refractivity contribution in [3.8, 4) is 5.75 Å². The summed E-state index contributed by atoms with van der Waals surface area (Å²) in [6.07, 6.45) is -1.63. The van der Waals surface area contributed by atoms with Crippen molar-refractivity contribution in [3.63, 3.8) is 0 Å². The summed E-state index contributed by atoms with van der Waals surface area (Å²) >= 11 is 0. The molecule has 1 fully saturated rings. The van der Waals surface area contributed by atoms with Crippen LogP contribution in [0.15, 0.2) is 12.1 Å². The lowest BCUT2D eigenvalue weighted by atomic mass is 10.0. The highest BCUT2D eigenvalue weighted by Crippen LogP contribution is 2.45. The van der Waals surface area contributed by atoms with E-state index in [-0.39, 0.29) is 12.1 Å². The van der Waals surface area contributed by atoms with E-state index in [0.29, 0.717) is 43.1 Å². The van der Waals surface area contributed by atoms with Crippen molar-refractivity contribution in [2.45, 2.75) is 38.7 Å². The molecule has 1 aromatic carbocycles. The molecule has 1 unspecified atom stereocenters. The summed E-state index contributed by atoms with van der Waals surface area (Å²) in [5, 5.41) is 10.0. The number of aliphatic hydroxyl groups excluding tert-OH is 1. The number of esters is 1. The molecule has 1 saturated heterocycles. The number of cyclic esters (lactones) is 1. The number of fused-ring (bicyclic) bond motifs is 5. The monoisotopic (exact) mass is 362 g/mol. The molecule has 8 nitrogen and oxygen atoms in total. The Bertz CT molecular complexity index is 772. The standard InChI is InChI=1S/C18H22N2O6/c1-18(2,3)26-17(23)19-6-7-20-10(8-19)9-24-14-12(20)5-4-11-13(14)16(22)25-15(11)21/h4-5,10,16,22H,6-9H2,1-3H3/t10-,16?/m1/s1. The molecule has 8 heteroatoms. The van der Waals surface area contributed by atoms with Crippen LogP contribution < -0.4 is 9.64 Å². The van der Waals surface area contributed by atoms with Gasteiger partial charge in [-0.25, -0.2) is 9.59 Å². The average Bonchev–Trinajstić information content (AvgIpc) is 2.87. The molecule has 140 valence electrons. The highest BCUT2D eigenvalue weighted by molar-refractivity contribution is 5.96. The fourth-order valence-corrected chi connectivity index (χ4v) is 3.60. The van der Waals surface area contributed by atoms with Gasteiger partial charge < -0.3 is 29.1 Å². The molecule has 0 spiro atoms. The number of aliphatic hydroxyl groups is 1. The number of anilines is 1. The molecule has 0 radical (unpaired) electrons. The Kier molecular flexibility index (Phi) is 3.76. The van der Waals surface area contributed by atoms with Crippen LogP contribution in [0.3, 0.4) is 0 Å². The number of carbonyl (C=O) groups excluding carboxylic acids is 2. The van der Waals surface area contributed by atoms with Gasteiger partial charge in [0.15, 0.2) is 5.75 Å². The molecule has 0 bridgehead atoms. The van der Waals surface area contributed by atoms with E-state index in [4.69, 9.17) is 14.2 Å². The van der Waals surface area contributed by atoms with E-state index >= 15 is 0 Å². The Morgan fingerprint density at radius 2 is 2.08 bits per heavy atom. The maximum atomic E-state index is 12.3. The zero-order valence-corrected chi connectivity index (χ0v) is 15.0. The first-order valence-electron chi connectivity index (χ1n) is 8.68. The predicted octanol–water partition coefficient (Wildman–Crippen LogP) is 1.67. The minimum atomic E-state index is -1.30. The normalized spacial score (nSPS) is 24.2. The van der Waals surface area contributed by atoms with Gasteiger partial charge in [-0.05, 0) is 32.9 Å². The number of ether oxygens (including phenoxy) is 3. The molecular formula is C18H22N2O6. The zero-order chi connectivity index (χ0) is 18.6. The maximum Gasteiger partial charge on any atom is 0.410 e. The lowest BCUT2D eigenvalue weighted by Crippen LogP contribution is -2.59. The van der Waals surface area contributed by atoms with Crippen molar-refractivity contribution in [2.75, 3.05) is 31.1 Å². The first-order chi connectivity index (χ1) is 12.2. The number of benzene rings is 1. The van der Waals surface area contributed by atoms with Gasteiger partial charge in [0.05, 0.1) is 22.9 Å². The van der Waals surface area contributed by atoms with E-state index in [9.17, 15) is 14.7 Å². The van der Waals surface area contributed by atoms with Crippen LogP contribution in [0.25, 0.3) is 0 Å². The van der Waals surface area contributed by atoms with Gasteiger partial charge in [0.25, 0.3) is 0 Å². The molecule has 1 N–H and O–H groups in total. The van der Waals surface area contributed by atoms with Crippen LogP contribution >= 0.6 is 0 Å². The third-order valence-electron chi connectivity index (χ3n) is 4.72. The SMILES string of the molecule is CC(C)(C)OC(=O)N1CCN2c3ccc4c(c3OC[C@H]2C1)C(O)OC4=O. The van der Waals surface area contributed by atoms with Gasteiger partial charge in [-0.15, -0.1) is 0 Å². The van der Waals surface area contributed by atoms with E-state index in [0.717, 1.165) is 5.69 Å². The van der Waals surface area contributed by atoms with Crippen molar-refractivity contribution < 1.29 is 28.9 Å². The lowest BCUT2D eigenvalue weighted by molar-refractivity contribution is -0.0559. The van der Waals surface area contributed by atoms with Crippen LogP contribution in [-0.2, 0) is 9.47 Å². The fourth-order valence-electron chi connectivity index (χ4n) is 3.60. The van der Waals surface area contributed by atoms with E-state index in [1.165, 1.54) is 0 Å². The summed E-state index contributed by atoms with van der Waals surface area (Å²) in [6, 6.07) is 3.44. The Hall–Kier alpha value is -2.48. The summed E-state index contributed by atoms with van der Waals surface area (Å²) in [7, 11) is 0. The molecule has 3 aliphatic rings. The third-order valence-corrected chi connectivity index (χ3v) is 4.72. The molecule has 3 heterocycles. The molecule has 0 saturated carbocycles. The second-order valence-corrected chi connectivity index (χ2v) is 7.72. The van der Waals surface area contributed by atoms with Crippen molar-refractivity contribution in [1.29, 1.82) is 0 Å². The van der Waals surface area contributed by atoms with Gasteiger partial charge in [-0.1, -0.05) is 0 Å². The van der Waals surface area contributed by atoms with Crippen LogP contribution in [0.4, 0.5) is 10.5 Å². The summed E-state index contributed by atoms with van der Waals surface area (Å²) < 4.78 is 16.2.